The van der Waals surface area contributed by atoms with Crippen LogP contribution in [0.15, 0.2) is 23.1 Å². The number of sulfone groups is 1. The Kier molecular flexibility index (Phi) is 4.84. The summed E-state index contributed by atoms with van der Waals surface area (Å²) in [6.07, 6.45) is 8.33. The Morgan fingerprint density at radius 1 is 1.19 bits per heavy atom. The molecule has 3 aliphatic rings. The van der Waals surface area contributed by atoms with E-state index >= 15 is 0 Å². The molecule has 2 saturated carbocycles. The number of hydrogen-bond acceptors (Lipinski definition) is 3. The molecule has 4 nitrogen and oxygen atoms in total. The van der Waals surface area contributed by atoms with Crippen molar-refractivity contribution in [1.29, 1.82) is 0 Å². The Labute approximate surface area is 156 Å². The fourth-order valence-corrected chi connectivity index (χ4v) is 6.71. The molecule has 0 saturated heterocycles. The van der Waals surface area contributed by atoms with Crippen molar-refractivity contribution >= 4 is 15.7 Å². The van der Waals surface area contributed by atoms with Crippen molar-refractivity contribution in [2.45, 2.75) is 69.2 Å². The highest BCUT2D eigenvalue weighted by Gasteiger charge is 2.42. The lowest BCUT2D eigenvalue weighted by Gasteiger charge is -2.28. The molecule has 0 aliphatic heterocycles. The number of carbonyl (C=O) groups is 1. The molecule has 3 aliphatic carbocycles. The standard InChI is InChI=1S/C21H29NO3S/c1-14(20-12-15-5-6-18(20)11-15)22-21(23)9-10-26(24,25)19-8-7-16-3-2-4-17(16)13-19/h7-8,13-15,18,20H,2-6,9-12H2,1H3,(H,22,23). The largest absolute Gasteiger partial charge is 0.353 e. The third-order valence-electron chi connectivity index (χ3n) is 6.85. The number of benzene rings is 1. The summed E-state index contributed by atoms with van der Waals surface area (Å²) in [7, 11) is -3.40. The van der Waals surface area contributed by atoms with Gasteiger partial charge in [-0.15, -0.1) is 0 Å². The predicted molar refractivity (Wildman–Crippen MR) is 102 cm³/mol. The van der Waals surface area contributed by atoms with Crippen molar-refractivity contribution in [3.8, 4) is 0 Å². The van der Waals surface area contributed by atoms with Gasteiger partial charge >= 0.3 is 0 Å². The second-order valence-corrected chi connectivity index (χ2v) is 10.7. The van der Waals surface area contributed by atoms with Gasteiger partial charge in [0.2, 0.25) is 5.91 Å². The first-order chi connectivity index (χ1) is 12.4. The van der Waals surface area contributed by atoms with Crippen LogP contribution in [0, 0.1) is 17.8 Å². The van der Waals surface area contributed by atoms with Gasteiger partial charge in [0.1, 0.15) is 0 Å². The van der Waals surface area contributed by atoms with Crippen LogP contribution in [0.3, 0.4) is 0 Å². The molecule has 1 N–H and O–H groups in total. The summed E-state index contributed by atoms with van der Waals surface area (Å²) in [4.78, 5) is 12.7. The number of amides is 1. The molecule has 0 radical (unpaired) electrons. The van der Waals surface area contributed by atoms with E-state index in [1.165, 1.54) is 31.2 Å². The van der Waals surface area contributed by atoms with Gasteiger partial charge in [-0.3, -0.25) is 4.79 Å². The first kappa shape index (κ1) is 18.0. The number of carbonyl (C=O) groups excluding carboxylic acids is 1. The highest BCUT2D eigenvalue weighted by atomic mass is 32.2. The van der Waals surface area contributed by atoms with E-state index in [-0.39, 0.29) is 24.1 Å². The highest BCUT2D eigenvalue weighted by molar-refractivity contribution is 7.91. The fourth-order valence-electron chi connectivity index (χ4n) is 5.43. The molecule has 142 valence electrons. The van der Waals surface area contributed by atoms with E-state index in [1.54, 1.807) is 6.07 Å². The van der Waals surface area contributed by atoms with Gasteiger partial charge in [0, 0.05) is 12.5 Å². The molecule has 4 unspecified atom stereocenters. The lowest BCUT2D eigenvalue weighted by molar-refractivity contribution is -0.121. The van der Waals surface area contributed by atoms with Crippen LogP contribution in [0.2, 0.25) is 0 Å². The van der Waals surface area contributed by atoms with Crippen molar-refractivity contribution in [3.63, 3.8) is 0 Å². The molecule has 2 fully saturated rings. The summed E-state index contributed by atoms with van der Waals surface area (Å²) in [5.74, 6) is 1.94. The van der Waals surface area contributed by atoms with Gasteiger partial charge in [0.15, 0.2) is 9.84 Å². The zero-order valence-corrected chi connectivity index (χ0v) is 16.4. The predicted octanol–water partition coefficient (Wildman–Crippen LogP) is 3.28. The van der Waals surface area contributed by atoms with E-state index in [9.17, 15) is 13.2 Å². The van der Waals surface area contributed by atoms with Crippen LogP contribution < -0.4 is 5.32 Å². The average molecular weight is 376 g/mol. The zero-order chi connectivity index (χ0) is 18.3. The van der Waals surface area contributed by atoms with Gasteiger partial charge in [-0.05, 0) is 86.5 Å². The number of nitrogens with one attached hydrogen (secondary N) is 1. The SMILES string of the molecule is CC(NC(=O)CCS(=O)(=O)c1ccc2c(c1)CCC2)C1CC2CCC1C2. The van der Waals surface area contributed by atoms with E-state index in [0.29, 0.717) is 10.8 Å². The second-order valence-electron chi connectivity index (χ2n) is 8.55. The highest BCUT2D eigenvalue weighted by Crippen LogP contribution is 2.49. The van der Waals surface area contributed by atoms with Crippen LogP contribution in [0.5, 0.6) is 0 Å². The first-order valence-electron chi connectivity index (χ1n) is 10.1. The number of rotatable bonds is 6. The maximum absolute atomic E-state index is 12.6. The quantitative estimate of drug-likeness (QED) is 0.830. The van der Waals surface area contributed by atoms with Crippen LogP contribution in [-0.2, 0) is 27.5 Å². The molecule has 1 amide bonds. The van der Waals surface area contributed by atoms with Crippen LogP contribution in [0.1, 0.15) is 56.6 Å². The van der Waals surface area contributed by atoms with Gasteiger partial charge in [-0.2, -0.15) is 0 Å². The van der Waals surface area contributed by atoms with Crippen LogP contribution in [-0.4, -0.2) is 26.1 Å². The van der Waals surface area contributed by atoms with Crippen molar-refractivity contribution < 1.29 is 13.2 Å². The molecule has 0 aromatic heterocycles. The first-order valence-corrected chi connectivity index (χ1v) is 11.7. The van der Waals surface area contributed by atoms with Gasteiger partial charge in [-0.25, -0.2) is 8.42 Å². The smallest absolute Gasteiger partial charge is 0.221 e. The topological polar surface area (TPSA) is 63.2 Å². The average Bonchev–Trinajstić information content (AvgIpc) is 3.35. The molecule has 0 heterocycles. The Morgan fingerprint density at radius 2 is 2.00 bits per heavy atom. The van der Waals surface area contributed by atoms with E-state index in [4.69, 9.17) is 0 Å². The number of hydrogen-bond donors (Lipinski definition) is 1. The molecule has 5 heteroatoms. The number of aryl methyl sites for hydroxylation is 2. The lowest BCUT2D eigenvalue weighted by atomic mass is 9.84. The van der Waals surface area contributed by atoms with Crippen molar-refractivity contribution in [1.82, 2.24) is 5.32 Å². The van der Waals surface area contributed by atoms with Crippen molar-refractivity contribution in [2.75, 3.05) is 5.75 Å². The molecule has 2 bridgehead atoms. The van der Waals surface area contributed by atoms with Crippen molar-refractivity contribution in [3.05, 3.63) is 29.3 Å². The van der Waals surface area contributed by atoms with E-state index < -0.39 is 9.84 Å². The van der Waals surface area contributed by atoms with E-state index in [2.05, 4.69) is 12.2 Å². The molecule has 4 rings (SSSR count). The Bertz CT molecular complexity index is 801. The lowest BCUT2D eigenvalue weighted by Crippen LogP contribution is -2.40. The molecule has 26 heavy (non-hydrogen) atoms. The van der Waals surface area contributed by atoms with Crippen molar-refractivity contribution in [2.24, 2.45) is 17.8 Å². The van der Waals surface area contributed by atoms with Gasteiger partial charge in [0.05, 0.1) is 10.6 Å². The summed E-state index contributed by atoms with van der Waals surface area (Å²) in [5, 5.41) is 3.07. The summed E-state index contributed by atoms with van der Waals surface area (Å²) < 4.78 is 25.2. The van der Waals surface area contributed by atoms with Crippen LogP contribution in [0.4, 0.5) is 0 Å². The minimum Gasteiger partial charge on any atom is -0.353 e. The summed E-state index contributed by atoms with van der Waals surface area (Å²) >= 11 is 0. The van der Waals surface area contributed by atoms with E-state index in [0.717, 1.165) is 36.7 Å². The summed E-state index contributed by atoms with van der Waals surface area (Å²) in [5.41, 5.74) is 2.42. The summed E-state index contributed by atoms with van der Waals surface area (Å²) in [6.45, 7) is 2.08. The maximum atomic E-state index is 12.6. The fraction of sp³-hybridized carbons (Fsp3) is 0.667. The third kappa shape index (κ3) is 3.55. The van der Waals surface area contributed by atoms with Gasteiger partial charge < -0.3 is 5.32 Å². The Balaban J connectivity index is 1.32. The van der Waals surface area contributed by atoms with Crippen LogP contribution in [0.25, 0.3) is 0 Å². The van der Waals surface area contributed by atoms with Gasteiger partial charge in [0.25, 0.3) is 0 Å². The molecule has 1 aromatic rings. The second kappa shape index (κ2) is 6.99. The molecular weight excluding hydrogens is 346 g/mol. The Hall–Kier alpha value is -1.36. The van der Waals surface area contributed by atoms with Crippen LogP contribution >= 0.6 is 0 Å². The Morgan fingerprint density at radius 3 is 2.73 bits per heavy atom. The normalized spacial score (nSPS) is 28.1. The molecular formula is C21H29NO3S. The summed E-state index contributed by atoms with van der Waals surface area (Å²) in [6, 6.07) is 5.61. The third-order valence-corrected chi connectivity index (χ3v) is 8.56. The van der Waals surface area contributed by atoms with E-state index in [1.807, 2.05) is 12.1 Å². The number of fused-ring (bicyclic) bond motifs is 3. The minimum absolute atomic E-state index is 0.0462. The zero-order valence-electron chi connectivity index (χ0n) is 15.5. The molecule has 0 spiro atoms. The minimum atomic E-state index is -3.40. The monoisotopic (exact) mass is 375 g/mol. The van der Waals surface area contributed by atoms with Gasteiger partial charge in [-0.1, -0.05) is 12.5 Å². The maximum Gasteiger partial charge on any atom is 0.221 e. The molecule has 1 aromatic carbocycles. The molecule has 4 atom stereocenters.